The number of pyridine rings is 1. The predicted molar refractivity (Wildman–Crippen MR) is 71.1 cm³/mol. The van der Waals surface area contributed by atoms with Crippen LogP contribution in [0.5, 0.6) is 0 Å². The van der Waals surface area contributed by atoms with Gasteiger partial charge in [-0.05, 0) is 32.0 Å². The standard InChI is InChI=1S/C14H14ClNO/c1-9(2)8-13(17)11-5-6-12(15)10-4-3-7-16-14(10)11/h3-8,13,17H,1-2H3. The van der Waals surface area contributed by atoms with E-state index in [-0.39, 0.29) is 0 Å². The number of nitrogens with zero attached hydrogens (tertiary/aromatic N) is 1. The molecule has 0 amide bonds. The van der Waals surface area contributed by atoms with Crippen molar-refractivity contribution in [3.05, 3.63) is 52.7 Å². The summed E-state index contributed by atoms with van der Waals surface area (Å²) in [4.78, 5) is 4.30. The van der Waals surface area contributed by atoms with E-state index in [4.69, 9.17) is 11.6 Å². The highest BCUT2D eigenvalue weighted by Gasteiger charge is 2.11. The molecule has 0 radical (unpaired) electrons. The van der Waals surface area contributed by atoms with Gasteiger partial charge in [0.05, 0.1) is 11.6 Å². The van der Waals surface area contributed by atoms with Gasteiger partial charge in [-0.1, -0.05) is 29.3 Å². The number of aliphatic hydroxyl groups is 1. The zero-order valence-electron chi connectivity index (χ0n) is 9.81. The molecule has 1 aromatic carbocycles. The van der Waals surface area contributed by atoms with E-state index in [1.165, 1.54) is 0 Å². The summed E-state index contributed by atoms with van der Waals surface area (Å²) in [6, 6.07) is 7.36. The molecule has 17 heavy (non-hydrogen) atoms. The number of benzene rings is 1. The smallest absolute Gasteiger partial charge is 0.0995 e. The fourth-order valence-corrected chi connectivity index (χ4v) is 2.02. The summed E-state index contributed by atoms with van der Waals surface area (Å²) >= 11 is 6.10. The van der Waals surface area contributed by atoms with Crippen LogP contribution < -0.4 is 0 Å². The minimum Gasteiger partial charge on any atom is -0.384 e. The lowest BCUT2D eigenvalue weighted by Crippen LogP contribution is -1.97. The van der Waals surface area contributed by atoms with Crippen LogP contribution in [0.25, 0.3) is 10.9 Å². The molecule has 1 heterocycles. The Balaban J connectivity index is 2.63. The molecule has 1 atom stereocenters. The summed E-state index contributed by atoms with van der Waals surface area (Å²) < 4.78 is 0. The van der Waals surface area contributed by atoms with Gasteiger partial charge >= 0.3 is 0 Å². The van der Waals surface area contributed by atoms with Crippen molar-refractivity contribution < 1.29 is 5.11 Å². The number of fused-ring (bicyclic) bond motifs is 1. The largest absolute Gasteiger partial charge is 0.384 e. The van der Waals surface area contributed by atoms with Crippen LogP contribution in [0.4, 0.5) is 0 Å². The van der Waals surface area contributed by atoms with Gasteiger partial charge in [-0.15, -0.1) is 0 Å². The lowest BCUT2D eigenvalue weighted by molar-refractivity contribution is 0.229. The Morgan fingerprint density at radius 3 is 2.82 bits per heavy atom. The summed E-state index contributed by atoms with van der Waals surface area (Å²) in [6.45, 7) is 3.91. The van der Waals surface area contributed by atoms with Crippen molar-refractivity contribution in [3.63, 3.8) is 0 Å². The van der Waals surface area contributed by atoms with Gasteiger partial charge in [0.15, 0.2) is 0 Å². The molecular formula is C14H14ClNO. The molecule has 2 nitrogen and oxygen atoms in total. The first-order valence-corrected chi connectivity index (χ1v) is 5.83. The summed E-state index contributed by atoms with van der Waals surface area (Å²) in [6.07, 6.45) is 2.86. The van der Waals surface area contributed by atoms with Crippen LogP contribution in [0.1, 0.15) is 25.5 Å². The fourth-order valence-electron chi connectivity index (χ4n) is 1.80. The van der Waals surface area contributed by atoms with E-state index < -0.39 is 6.10 Å². The molecule has 1 aromatic heterocycles. The molecule has 0 bridgehead atoms. The van der Waals surface area contributed by atoms with Crippen molar-refractivity contribution in [2.24, 2.45) is 0 Å². The second-order valence-electron chi connectivity index (χ2n) is 4.23. The number of allylic oxidation sites excluding steroid dienone is 1. The minimum absolute atomic E-state index is 0.644. The fraction of sp³-hybridized carbons (Fsp3) is 0.214. The Bertz CT molecular complexity index is 573. The van der Waals surface area contributed by atoms with Crippen molar-refractivity contribution in [1.29, 1.82) is 0 Å². The summed E-state index contributed by atoms with van der Waals surface area (Å²) in [7, 11) is 0. The first-order chi connectivity index (χ1) is 8.09. The predicted octanol–water partition coefficient (Wildman–Crippen LogP) is 3.89. The molecular weight excluding hydrogens is 234 g/mol. The molecule has 0 aliphatic heterocycles. The minimum atomic E-state index is -0.644. The topological polar surface area (TPSA) is 33.1 Å². The second-order valence-corrected chi connectivity index (χ2v) is 4.63. The Morgan fingerprint density at radius 2 is 2.12 bits per heavy atom. The van der Waals surface area contributed by atoms with E-state index in [2.05, 4.69) is 4.98 Å². The average molecular weight is 248 g/mol. The number of hydrogen-bond acceptors (Lipinski definition) is 2. The van der Waals surface area contributed by atoms with Gasteiger partial charge in [0.2, 0.25) is 0 Å². The maximum atomic E-state index is 10.1. The van der Waals surface area contributed by atoms with Crippen molar-refractivity contribution in [3.8, 4) is 0 Å². The van der Waals surface area contributed by atoms with Crippen LogP contribution in [-0.4, -0.2) is 10.1 Å². The van der Waals surface area contributed by atoms with Gasteiger partial charge in [-0.25, -0.2) is 0 Å². The van der Waals surface area contributed by atoms with Crippen molar-refractivity contribution in [1.82, 2.24) is 4.98 Å². The van der Waals surface area contributed by atoms with Crippen LogP contribution in [-0.2, 0) is 0 Å². The second kappa shape index (κ2) is 4.86. The molecule has 0 aliphatic carbocycles. The van der Waals surface area contributed by atoms with Crippen LogP contribution in [0.2, 0.25) is 5.02 Å². The highest BCUT2D eigenvalue weighted by Crippen LogP contribution is 2.29. The lowest BCUT2D eigenvalue weighted by Gasteiger charge is -2.11. The molecule has 2 rings (SSSR count). The van der Waals surface area contributed by atoms with E-state index >= 15 is 0 Å². The highest BCUT2D eigenvalue weighted by atomic mass is 35.5. The quantitative estimate of drug-likeness (QED) is 0.817. The monoisotopic (exact) mass is 247 g/mol. The molecule has 0 saturated heterocycles. The van der Waals surface area contributed by atoms with Crippen LogP contribution in [0.3, 0.4) is 0 Å². The Labute approximate surface area is 106 Å². The number of hydrogen-bond donors (Lipinski definition) is 1. The normalized spacial score (nSPS) is 12.5. The maximum absolute atomic E-state index is 10.1. The summed E-state index contributed by atoms with van der Waals surface area (Å²) in [5.41, 5.74) is 2.60. The number of halogens is 1. The first kappa shape index (κ1) is 12.1. The molecule has 0 fully saturated rings. The van der Waals surface area contributed by atoms with Crippen molar-refractivity contribution in [2.75, 3.05) is 0 Å². The summed E-state index contributed by atoms with van der Waals surface area (Å²) in [5, 5.41) is 11.6. The zero-order valence-corrected chi connectivity index (χ0v) is 10.6. The highest BCUT2D eigenvalue weighted by molar-refractivity contribution is 6.35. The van der Waals surface area contributed by atoms with Crippen molar-refractivity contribution in [2.45, 2.75) is 20.0 Å². The molecule has 1 unspecified atom stereocenters. The third-order valence-corrected chi connectivity index (χ3v) is 2.89. The van der Waals surface area contributed by atoms with E-state index in [0.717, 1.165) is 22.0 Å². The molecule has 0 saturated carbocycles. The SMILES string of the molecule is CC(C)=CC(O)c1ccc(Cl)c2cccnc12. The van der Waals surface area contributed by atoms with Gasteiger partial charge in [0, 0.05) is 22.2 Å². The molecule has 1 N–H and O–H groups in total. The van der Waals surface area contributed by atoms with Crippen LogP contribution in [0, 0.1) is 0 Å². The van der Waals surface area contributed by atoms with Crippen LogP contribution in [0.15, 0.2) is 42.1 Å². The lowest BCUT2D eigenvalue weighted by atomic mass is 10.0. The molecule has 2 aromatic rings. The molecule has 0 aliphatic rings. The van der Waals surface area contributed by atoms with Crippen molar-refractivity contribution >= 4 is 22.5 Å². The molecule has 0 spiro atoms. The van der Waals surface area contributed by atoms with Gasteiger partial charge in [0.25, 0.3) is 0 Å². The molecule has 88 valence electrons. The number of aromatic nitrogens is 1. The van der Waals surface area contributed by atoms with Gasteiger partial charge < -0.3 is 5.11 Å². The Kier molecular flexibility index (Phi) is 3.46. The van der Waals surface area contributed by atoms with E-state index in [1.807, 2.05) is 32.0 Å². The first-order valence-electron chi connectivity index (χ1n) is 5.46. The summed E-state index contributed by atoms with van der Waals surface area (Å²) in [5.74, 6) is 0. The Morgan fingerprint density at radius 1 is 1.35 bits per heavy atom. The van der Waals surface area contributed by atoms with Crippen LogP contribution >= 0.6 is 11.6 Å². The van der Waals surface area contributed by atoms with Gasteiger partial charge in [-0.2, -0.15) is 0 Å². The van der Waals surface area contributed by atoms with E-state index in [0.29, 0.717) is 5.02 Å². The number of rotatable bonds is 2. The third kappa shape index (κ3) is 2.48. The third-order valence-electron chi connectivity index (χ3n) is 2.56. The van der Waals surface area contributed by atoms with Gasteiger partial charge in [-0.3, -0.25) is 4.98 Å². The van der Waals surface area contributed by atoms with E-state index in [1.54, 1.807) is 18.3 Å². The average Bonchev–Trinajstić information content (AvgIpc) is 2.29. The molecule has 3 heteroatoms. The van der Waals surface area contributed by atoms with E-state index in [9.17, 15) is 5.11 Å². The zero-order chi connectivity index (χ0) is 12.4. The van der Waals surface area contributed by atoms with Gasteiger partial charge in [0.1, 0.15) is 0 Å². The number of aliphatic hydroxyl groups excluding tert-OH is 1. The Hall–Kier alpha value is -1.38. The maximum Gasteiger partial charge on any atom is 0.0995 e.